The van der Waals surface area contributed by atoms with Crippen LogP contribution in [0.15, 0.2) is 0 Å². The Morgan fingerprint density at radius 3 is 2.52 bits per heavy atom. The van der Waals surface area contributed by atoms with Crippen LogP contribution in [0.4, 0.5) is 0 Å². The van der Waals surface area contributed by atoms with Gasteiger partial charge in [0.05, 0.1) is 6.10 Å². The van der Waals surface area contributed by atoms with Crippen molar-refractivity contribution in [2.45, 2.75) is 82.8 Å². The largest absolute Gasteiger partial charge is 0.480 e. The van der Waals surface area contributed by atoms with Gasteiger partial charge in [0.25, 0.3) is 0 Å². The molecule has 0 aliphatic heterocycles. The van der Waals surface area contributed by atoms with Gasteiger partial charge in [0.1, 0.15) is 5.54 Å². The number of carboxylic acid groups (broad SMARTS) is 1. The Balaban J connectivity index is 1.81. The second-order valence-electron chi connectivity index (χ2n) is 6.67. The molecule has 4 nitrogen and oxygen atoms in total. The van der Waals surface area contributed by atoms with Crippen molar-refractivity contribution >= 4 is 5.97 Å². The van der Waals surface area contributed by atoms with Gasteiger partial charge < -0.3 is 15.2 Å². The number of rotatable bonds is 7. The molecule has 2 fully saturated rings. The number of likely N-dealkylation sites (N-methyl/N-ethyl adjacent to an activating group) is 1. The molecular weight excluding hydrogens is 266 g/mol. The van der Waals surface area contributed by atoms with Crippen molar-refractivity contribution in [1.29, 1.82) is 0 Å². The number of aliphatic carboxylic acids is 1. The van der Waals surface area contributed by atoms with Crippen molar-refractivity contribution in [3.63, 3.8) is 0 Å². The number of hydrogen-bond acceptors (Lipinski definition) is 3. The lowest BCUT2D eigenvalue weighted by atomic mass is 9.84. The van der Waals surface area contributed by atoms with E-state index < -0.39 is 11.5 Å². The predicted octanol–water partition coefficient (Wildman–Crippen LogP) is 3.35. The van der Waals surface area contributed by atoms with Crippen LogP contribution in [0.5, 0.6) is 0 Å². The fourth-order valence-corrected chi connectivity index (χ4v) is 4.16. The fourth-order valence-electron chi connectivity index (χ4n) is 4.16. The van der Waals surface area contributed by atoms with E-state index >= 15 is 0 Å². The van der Waals surface area contributed by atoms with Crippen LogP contribution in [-0.2, 0) is 9.53 Å². The maximum Gasteiger partial charge on any atom is 0.324 e. The molecule has 2 atom stereocenters. The van der Waals surface area contributed by atoms with Crippen LogP contribution < -0.4 is 5.32 Å². The quantitative estimate of drug-likeness (QED) is 0.708. The van der Waals surface area contributed by atoms with Crippen LogP contribution in [0.25, 0.3) is 0 Å². The zero-order valence-electron chi connectivity index (χ0n) is 13.4. The number of carboxylic acids is 1. The number of hydrogen-bond donors (Lipinski definition) is 2. The highest BCUT2D eigenvalue weighted by atomic mass is 16.5. The third-order valence-electron chi connectivity index (χ3n) is 5.32. The highest BCUT2D eigenvalue weighted by Gasteiger charge is 2.48. The Morgan fingerprint density at radius 2 is 1.90 bits per heavy atom. The highest BCUT2D eigenvalue weighted by molar-refractivity contribution is 5.79. The molecule has 0 spiro atoms. The third-order valence-corrected chi connectivity index (χ3v) is 5.32. The standard InChI is InChI=1S/C17H31NO3/c1-2-18-17(16(19)20)12-7-8-14(17)11-13-21-15-9-5-3-4-6-10-15/h14-15,18H,2-13H2,1H3,(H,19,20). The summed E-state index contributed by atoms with van der Waals surface area (Å²) < 4.78 is 6.06. The van der Waals surface area contributed by atoms with E-state index in [1.807, 2.05) is 6.92 Å². The van der Waals surface area contributed by atoms with Gasteiger partial charge >= 0.3 is 5.97 Å². The minimum atomic E-state index is -0.707. The molecule has 0 bridgehead atoms. The minimum absolute atomic E-state index is 0.209. The topological polar surface area (TPSA) is 58.6 Å². The molecule has 2 aliphatic carbocycles. The molecular formula is C17H31NO3. The average molecular weight is 297 g/mol. The second kappa shape index (κ2) is 8.14. The van der Waals surface area contributed by atoms with Crippen LogP contribution in [-0.4, -0.2) is 35.9 Å². The maximum absolute atomic E-state index is 11.7. The first-order valence-corrected chi connectivity index (χ1v) is 8.79. The van der Waals surface area contributed by atoms with Crippen molar-refractivity contribution in [1.82, 2.24) is 5.32 Å². The molecule has 0 radical (unpaired) electrons. The predicted molar refractivity (Wildman–Crippen MR) is 83.4 cm³/mol. The molecule has 0 aromatic carbocycles. The van der Waals surface area contributed by atoms with Gasteiger partial charge in [-0.3, -0.25) is 4.79 Å². The lowest BCUT2D eigenvalue weighted by molar-refractivity contribution is -0.147. The van der Waals surface area contributed by atoms with Gasteiger partial charge in [0.2, 0.25) is 0 Å². The number of nitrogens with one attached hydrogen (secondary N) is 1. The van der Waals surface area contributed by atoms with Crippen molar-refractivity contribution in [3.05, 3.63) is 0 Å². The van der Waals surface area contributed by atoms with Crippen molar-refractivity contribution < 1.29 is 14.6 Å². The maximum atomic E-state index is 11.7. The van der Waals surface area contributed by atoms with Crippen LogP contribution >= 0.6 is 0 Å². The summed E-state index contributed by atoms with van der Waals surface area (Å²) in [7, 11) is 0. The van der Waals surface area contributed by atoms with Crippen molar-refractivity contribution in [2.75, 3.05) is 13.2 Å². The van der Waals surface area contributed by atoms with E-state index in [1.54, 1.807) is 0 Å². The van der Waals surface area contributed by atoms with E-state index in [4.69, 9.17) is 4.74 Å². The summed E-state index contributed by atoms with van der Waals surface area (Å²) in [6.07, 6.45) is 11.7. The molecule has 0 aromatic rings. The molecule has 0 aromatic heterocycles. The Labute approximate surface area is 128 Å². The Kier molecular flexibility index (Phi) is 6.49. The second-order valence-corrected chi connectivity index (χ2v) is 6.67. The average Bonchev–Trinajstić information content (AvgIpc) is 2.70. The van der Waals surface area contributed by atoms with E-state index in [1.165, 1.54) is 38.5 Å². The molecule has 2 unspecified atom stereocenters. The Hall–Kier alpha value is -0.610. The van der Waals surface area contributed by atoms with Gasteiger partial charge in [0, 0.05) is 6.61 Å². The van der Waals surface area contributed by atoms with Crippen LogP contribution in [0, 0.1) is 5.92 Å². The first kappa shape index (κ1) is 16.8. The molecule has 122 valence electrons. The van der Waals surface area contributed by atoms with E-state index in [2.05, 4.69) is 5.32 Å². The van der Waals surface area contributed by atoms with Gasteiger partial charge in [-0.05, 0) is 44.6 Å². The van der Waals surface area contributed by atoms with Gasteiger partial charge in [-0.2, -0.15) is 0 Å². The molecule has 21 heavy (non-hydrogen) atoms. The molecule has 0 saturated heterocycles. The van der Waals surface area contributed by atoms with Crippen molar-refractivity contribution in [3.8, 4) is 0 Å². The first-order chi connectivity index (χ1) is 10.2. The van der Waals surface area contributed by atoms with Gasteiger partial charge in [-0.15, -0.1) is 0 Å². The minimum Gasteiger partial charge on any atom is -0.480 e. The smallest absolute Gasteiger partial charge is 0.324 e. The number of carbonyl (C=O) groups is 1. The summed E-state index contributed by atoms with van der Waals surface area (Å²) >= 11 is 0. The monoisotopic (exact) mass is 297 g/mol. The first-order valence-electron chi connectivity index (χ1n) is 8.79. The third kappa shape index (κ3) is 4.19. The van der Waals surface area contributed by atoms with Gasteiger partial charge in [0.15, 0.2) is 0 Å². The molecule has 2 rings (SSSR count). The Morgan fingerprint density at radius 1 is 1.19 bits per heavy atom. The van der Waals surface area contributed by atoms with Crippen LogP contribution in [0.1, 0.15) is 71.1 Å². The highest BCUT2D eigenvalue weighted by Crippen LogP contribution is 2.38. The van der Waals surface area contributed by atoms with Gasteiger partial charge in [-0.1, -0.05) is 39.0 Å². The fraction of sp³-hybridized carbons (Fsp3) is 0.941. The van der Waals surface area contributed by atoms with Crippen molar-refractivity contribution in [2.24, 2.45) is 5.92 Å². The normalized spacial score (nSPS) is 31.2. The lowest BCUT2D eigenvalue weighted by Gasteiger charge is -2.32. The zero-order valence-corrected chi connectivity index (χ0v) is 13.4. The SMILES string of the molecule is CCNC1(C(=O)O)CCCC1CCOC1CCCCCC1. The molecule has 0 heterocycles. The number of ether oxygens (including phenoxy) is 1. The zero-order chi connectivity index (χ0) is 15.1. The van der Waals surface area contributed by atoms with E-state index in [-0.39, 0.29) is 5.92 Å². The summed E-state index contributed by atoms with van der Waals surface area (Å²) in [5.74, 6) is -0.470. The van der Waals surface area contributed by atoms with Gasteiger partial charge in [-0.25, -0.2) is 0 Å². The Bertz CT molecular complexity index is 326. The van der Waals surface area contributed by atoms with E-state index in [0.29, 0.717) is 12.6 Å². The van der Waals surface area contributed by atoms with Crippen LogP contribution in [0.3, 0.4) is 0 Å². The molecule has 2 saturated carbocycles. The summed E-state index contributed by atoms with van der Waals surface area (Å²) in [5, 5.41) is 12.9. The molecule has 0 amide bonds. The summed E-state index contributed by atoms with van der Waals surface area (Å²) in [6, 6.07) is 0. The van der Waals surface area contributed by atoms with E-state index in [9.17, 15) is 9.90 Å². The summed E-state index contributed by atoms with van der Waals surface area (Å²) in [6.45, 7) is 3.42. The van der Waals surface area contributed by atoms with E-state index in [0.717, 1.165) is 32.3 Å². The summed E-state index contributed by atoms with van der Waals surface area (Å²) in [5.41, 5.74) is -0.707. The summed E-state index contributed by atoms with van der Waals surface area (Å²) in [4.78, 5) is 11.7. The molecule has 4 heteroatoms. The molecule has 2 N–H and O–H groups in total. The lowest BCUT2D eigenvalue weighted by Crippen LogP contribution is -2.55. The van der Waals surface area contributed by atoms with Crippen LogP contribution in [0.2, 0.25) is 0 Å². The molecule has 2 aliphatic rings.